The molecule has 130 valence electrons. The van der Waals surface area contributed by atoms with Crippen molar-refractivity contribution in [1.82, 2.24) is 5.32 Å². The van der Waals surface area contributed by atoms with Gasteiger partial charge < -0.3 is 5.32 Å². The van der Waals surface area contributed by atoms with E-state index < -0.39 is 0 Å². The predicted molar refractivity (Wildman–Crippen MR) is 104 cm³/mol. The Morgan fingerprint density at radius 3 is 2.44 bits per heavy atom. The van der Waals surface area contributed by atoms with Crippen LogP contribution in [0.5, 0.6) is 0 Å². The fourth-order valence-electron chi connectivity index (χ4n) is 2.70. The summed E-state index contributed by atoms with van der Waals surface area (Å²) in [6.07, 6.45) is 4.93. The van der Waals surface area contributed by atoms with Gasteiger partial charge in [-0.3, -0.25) is 4.79 Å². The fourth-order valence-corrected chi connectivity index (χ4v) is 2.70. The maximum absolute atomic E-state index is 12.2. The summed E-state index contributed by atoms with van der Waals surface area (Å²) >= 11 is 0. The predicted octanol–water partition coefficient (Wildman–Crippen LogP) is 4.98. The van der Waals surface area contributed by atoms with Crippen molar-refractivity contribution in [1.29, 1.82) is 0 Å². The average molecular weight is 333 g/mol. The molecule has 2 nitrogen and oxygen atoms in total. The lowest BCUT2D eigenvalue weighted by Crippen LogP contribution is -2.28. The summed E-state index contributed by atoms with van der Waals surface area (Å²) in [6, 6.07) is 18.5. The normalized spacial score (nSPS) is 11.3. The largest absolute Gasteiger partial charge is 0.338 e. The molecule has 0 aliphatic carbocycles. The van der Waals surface area contributed by atoms with Crippen molar-refractivity contribution in [3.63, 3.8) is 0 Å². The molecule has 2 aromatic rings. The molecule has 0 saturated heterocycles. The Hall–Kier alpha value is -2.53. The van der Waals surface area contributed by atoms with Gasteiger partial charge in [0.25, 0.3) is 5.91 Å². The molecule has 0 aliphatic rings. The molecule has 0 radical (unpaired) electrons. The van der Waals surface area contributed by atoms with Crippen LogP contribution in [0.15, 0.2) is 54.6 Å². The molecule has 1 amide bonds. The summed E-state index contributed by atoms with van der Waals surface area (Å²) in [5.74, 6) is 5.53. The monoisotopic (exact) mass is 333 g/mol. The van der Waals surface area contributed by atoms with Gasteiger partial charge in [0.05, 0.1) is 6.04 Å². The zero-order chi connectivity index (χ0) is 17.9. The van der Waals surface area contributed by atoms with Crippen LogP contribution in [0, 0.1) is 18.8 Å². The third-order valence-corrected chi connectivity index (χ3v) is 4.17. The molecule has 0 bridgehead atoms. The van der Waals surface area contributed by atoms with Crippen LogP contribution >= 0.6 is 0 Å². The maximum Gasteiger partial charge on any atom is 0.296 e. The molecule has 0 spiro atoms. The Morgan fingerprint density at radius 1 is 1.04 bits per heavy atom. The zero-order valence-electron chi connectivity index (χ0n) is 15.2. The van der Waals surface area contributed by atoms with Gasteiger partial charge in [0.15, 0.2) is 0 Å². The highest BCUT2D eigenvalue weighted by Gasteiger charge is 2.14. The van der Waals surface area contributed by atoms with Crippen LogP contribution in [0.4, 0.5) is 0 Å². The molecule has 25 heavy (non-hydrogen) atoms. The minimum atomic E-state index is -0.197. The number of nitrogens with one attached hydrogen (secondary N) is 1. The van der Waals surface area contributed by atoms with Crippen LogP contribution < -0.4 is 5.32 Å². The molecule has 1 atom stereocenters. The summed E-state index contributed by atoms with van der Waals surface area (Å²) in [5.41, 5.74) is 3.54. The quantitative estimate of drug-likeness (QED) is 0.562. The van der Waals surface area contributed by atoms with Crippen molar-refractivity contribution in [3.05, 3.63) is 71.3 Å². The van der Waals surface area contributed by atoms with Crippen LogP contribution in [-0.2, 0) is 11.2 Å². The maximum atomic E-state index is 12.2. The van der Waals surface area contributed by atoms with Gasteiger partial charge in [-0.15, -0.1) is 0 Å². The van der Waals surface area contributed by atoms with E-state index in [1.54, 1.807) is 0 Å². The summed E-state index contributed by atoms with van der Waals surface area (Å²) in [4.78, 5) is 12.2. The highest BCUT2D eigenvalue weighted by molar-refractivity contribution is 5.93. The molecule has 0 heterocycles. The lowest BCUT2D eigenvalue weighted by molar-refractivity contribution is -0.116. The van der Waals surface area contributed by atoms with Gasteiger partial charge in [-0.2, -0.15) is 0 Å². The van der Waals surface area contributed by atoms with Crippen LogP contribution in [0.1, 0.15) is 55.3 Å². The average Bonchev–Trinajstić information content (AvgIpc) is 2.63. The molecular weight excluding hydrogens is 306 g/mol. The number of amides is 1. The van der Waals surface area contributed by atoms with Crippen LogP contribution in [-0.4, -0.2) is 5.91 Å². The van der Waals surface area contributed by atoms with Crippen molar-refractivity contribution in [2.24, 2.45) is 0 Å². The first kappa shape index (κ1) is 18.8. The first-order valence-electron chi connectivity index (χ1n) is 9.09. The number of benzene rings is 2. The molecule has 0 aliphatic heterocycles. The highest BCUT2D eigenvalue weighted by atomic mass is 16.1. The highest BCUT2D eigenvalue weighted by Crippen LogP contribution is 2.18. The number of rotatable bonds is 7. The van der Waals surface area contributed by atoms with Crippen molar-refractivity contribution in [3.8, 4) is 11.8 Å². The molecular formula is C23H27NO. The molecule has 2 rings (SSSR count). The van der Waals surface area contributed by atoms with E-state index in [0.29, 0.717) is 0 Å². The van der Waals surface area contributed by atoms with Gasteiger partial charge in [-0.05, 0) is 36.8 Å². The number of hydrogen-bond acceptors (Lipinski definition) is 1. The van der Waals surface area contributed by atoms with E-state index in [4.69, 9.17) is 0 Å². The van der Waals surface area contributed by atoms with E-state index in [9.17, 15) is 4.79 Å². The fraction of sp³-hybridized carbons (Fsp3) is 0.348. The van der Waals surface area contributed by atoms with Gasteiger partial charge in [0, 0.05) is 6.42 Å². The molecule has 0 aromatic heterocycles. The molecule has 2 heteroatoms. The molecule has 1 N–H and O–H groups in total. The van der Waals surface area contributed by atoms with Crippen molar-refractivity contribution < 1.29 is 4.79 Å². The SMILES string of the molecule is CCCCCC#CC(=O)NC(Cc1ccc(C)cc1)c1ccccc1. The van der Waals surface area contributed by atoms with E-state index in [1.165, 1.54) is 17.5 Å². The number of aryl methyl sites for hydroxylation is 1. The molecule has 0 fully saturated rings. The lowest BCUT2D eigenvalue weighted by Gasteiger charge is -2.18. The van der Waals surface area contributed by atoms with Crippen molar-refractivity contribution >= 4 is 5.91 Å². The zero-order valence-corrected chi connectivity index (χ0v) is 15.2. The van der Waals surface area contributed by atoms with Crippen molar-refractivity contribution in [2.45, 2.75) is 52.0 Å². The Morgan fingerprint density at radius 2 is 1.76 bits per heavy atom. The first-order chi connectivity index (χ1) is 12.2. The number of carbonyl (C=O) groups excluding carboxylic acids is 1. The summed E-state index contributed by atoms with van der Waals surface area (Å²) < 4.78 is 0. The summed E-state index contributed by atoms with van der Waals surface area (Å²) in [6.45, 7) is 4.24. The Labute approximate surface area is 151 Å². The van der Waals surface area contributed by atoms with E-state index in [2.05, 4.69) is 55.3 Å². The smallest absolute Gasteiger partial charge is 0.296 e. The molecule has 2 aromatic carbocycles. The van der Waals surface area contributed by atoms with E-state index in [1.807, 2.05) is 30.3 Å². The topological polar surface area (TPSA) is 29.1 Å². The van der Waals surface area contributed by atoms with E-state index in [0.717, 1.165) is 31.2 Å². The van der Waals surface area contributed by atoms with Gasteiger partial charge in [-0.25, -0.2) is 0 Å². The number of unbranched alkanes of at least 4 members (excludes halogenated alkanes) is 3. The van der Waals surface area contributed by atoms with Crippen LogP contribution in [0.3, 0.4) is 0 Å². The van der Waals surface area contributed by atoms with Gasteiger partial charge >= 0.3 is 0 Å². The summed E-state index contributed by atoms with van der Waals surface area (Å²) in [7, 11) is 0. The van der Waals surface area contributed by atoms with Crippen LogP contribution in [0.25, 0.3) is 0 Å². The molecule has 0 saturated carbocycles. The Balaban J connectivity index is 2.04. The van der Waals surface area contributed by atoms with E-state index in [-0.39, 0.29) is 11.9 Å². The second kappa shape index (κ2) is 10.4. The second-order valence-corrected chi connectivity index (χ2v) is 6.39. The second-order valence-electron chi connectivity index (χ2n) is 6.39. The van der Waals surface area contributed by atoms with E-state index >= 15 is 0 Å². The first-order valence-corrected chi connectivity index (χ1v) is 9.09. The number of hydrogen-bond donors (Lipinski definition) is 1. The number of carbonyl (C=O) groups is 1. The third kappa shape index (κ3) is 6.85. The summed E-state index contributed by atoms with van der Waals surface area (Å²) in [5, 5.41) is 3.07. The van der Waals surface area contributed by atoms with Crippen molar-refractivity contribution in [2.75, 3.05) is 0 Å². The van der Waals surface area contributed by atoms with Gasteiger partial charge in [0.1, 0.15) is 0 Å². The lowest BCUT2D eigenvalue weighted by atomic mass is 9.98. The third-order valence-electron chi connectivity index (χ3n) is 4.17. The molecule has 1 unspecified atom stereocenters. The van der Waals surface area contributed by atoms with Crippen LogP contribution in [0.2, 0.25) is 0 Å². The standard InChI is InChI=1S/C23H27NO/c1-3-4-5-6-10-13-23(25)24-22(21-11-8-7-9-12-21)18-20-16-14-19(2)15-17-20/h7-9,11-12,14-17,22H,3-6,18H2,1-2H3,(H,24,25). The minimum absolute atomic E-state index is 0.0682. The van der Waals surface area contributed by atoms with Gasteiger partial charge in [0.2, 0.25) is 0 Å². The Bertz CT molecular complexity index is 707. The van der Waals surface area contributed by atoms with Gasteiger partial charge in [-0.1, -0.05) is 85.8 Å². The Kier molecular flexibility index (Phi) is 7.79. The minimum Gasteiger partial charge on any atom is -0.338 e.